The number of urea groups is 1. The molecular formula is C19H24N2O2. The van der Waals surface area contributed by atoms with Gasteiger partial charge in [-0.1, -0.05) is 44.2 Å². The van der Waals surface area contributed by atoms with E-state index in [1.807, 2.05) is 42.5 Å². The fourth-order valence-corrected chi connectivity index (χ4v) is 2.35. The minimum Gasteiger partial charge on any atom is -0.497 e. The first-order valence-electron chi connectivity index (χ1n) is 7.90. The summed E-state index contributed by atoms with van der Waals surface area (Å²) in [7, 11) is 1.63. The Hall–Kier alpha value is -2.49. The van der Waals surface area contributed by atoms with Gasteiger partial charge in [0.05, 0.1) is 7.11 Å². The third-order valence-corrected chi connectivity index (χ3v) is 3.96. The predicted molar refractivity (Wildman–Crippen MR) is 94.0 cm³/mol. The second-order valence-corrected chi connectivity index (χ2v) is 5.55. The molecule has 0 aliphatic carbocycles. The van der Waals surface area contributed by atoms with Gasteiger partial charge in [0.25, 0.3) is 0 Å². The van der Waals surface area contributed by atoms with Crippen molar-refractivity contribution in [2.24, 2.45) is 0 Å². The number of hydrogen-bond donors (Lipinski definition) is 2. The Bertz CT molecular complexity index is 638. The van der Waals surface area contributed by atoms with Gasteiger partial charge in [-0.25, -0.2) is 4.79 Å². The SMILES string of the molecule is CCC(C)c1ccccc1NC(=O)NCc1ccc(OC)cc1. The summed E-state index contributed by atoms with van der Waals surface area (Å²) in [6.07, 6.45) is 1.03. The maximum Gasteiger partial charge on any atom is 0.319 e. The Morgan fingerprint density at radius 1 is 1.13 bits per heavy atom. The van der Waals surface area contributed by atoms with Crippen LogP contribution in [0.15, 0.2) is 48.5 Å². The van der Waals surface area contributed by atoms with Crippen molar-refractivity contribution in [2.75, 3.05) is 12.4 Å². The molecule has 0 saturated heterocycles. The van der Waals surface area contributed by atoms with Gasteiger partial charge in [-0.15, -0.1) is 0 Å². The van der Waals surface area contributed by atoms with E-state index in [1.54, 1.807) is 7.11 Å². The minimum absolute atomic E-state index is 0.198. The predicted octanol–water partition coefficient (Wildman–Crippen LogP) is 4.53. The summed E-state index contributed by atoms with van der Waals surface area (Å²) < 4.78 is 5.12. The zero-order chi connectivity index (χ0) is 16.7. The van der Waals surface area contributed by atoms with Gasteiger partial charge in [-0.2, -0.15) is 0 Å². The first-order chi connectivity index (χ1) is 11.1. The quantitative estimate of drug-likeness (QED) is 0.823. The standard InChI is InChI=1S/C19H24N2O2/c1-4-14(2)17-7-5-6-8-18(17)21-19(22)20-13-15-9-11-16(23-3)12-10-15/h5-12,14H,4,13H2,1-3H3,(H2,20,21,22). The van der Waals surface area contributed by atoms with E-state index in [0.29, 0.717) is 12.5 Å². The Labute approximate surface area is 137 Å². The lowest BCUT2D eigenvalue weighted by atomic mass is 9.97. The molecule has 0 aromatic heterocycles. The molecule has 4 heteroatoms. The molecule has 2 N–H and O–H groups in total. The molecule has 0 heterocycles. The normalized spacial score (nSPS) is 11.6. The lowest BCUT2D eigenvalue weighted by Gasteiger charge is -2.16. The fraction of sp³-hybridized carbons (Fsp3) is 0.316. The van der Waals surface area contributed by atoms with Crippen molar-refractivity contribution in [1.82, 2.24) is 5.32 Å². The fourth-order valence-electron chi connectivity index (χ4n) is 2.35. The number of nitrogens with one attached hydrogen (secondary N) is 2. The molecule has 2 rings (SSSR count). The number of anilines is 1. The Kier molecular flexibility index (Phi) is 6.03. The number of methoxy groups -OCH3 is 1. The van der Waals surface area contributed by atoms with Crippen molar-refractivity contribution in [1.29, 1.82) is 0 Å². The highest BCUT2D eigenvalue weighted by molar-refractivity contribution is 5.90. The third kappa shape index (κ3) is 4.74. The van der Waals surface area contributed by atoms with Crippen molar-refractivity contribution in [3.63, 3.8) is 0 Å². The summed E-state index contributed by atoms with van der Waals surface area (Å²) in [5, 5.41) is 5.82. The molecule has 122 valence electrons. The van der Waals surface area contributed by atoms with Gasteiger partial charge in [0, 0.05) is 12.2 Å². The molecule has 2 aromatic rings. The smallest absolute Gasteiger partial charge is 0.319 e. The number of amides is 2. The second kappa shape index (κ2) is 8.22. The van der Waals surface area contributed by atoms with E-state index in [0.717, 1.165) is 29.0 Å². The van der Waals surface area contributed by atoms with Crippen LogP contribution in [0.2, 0.25) is 0 Å². The van der Waals surface area contributed by atoms with Crippen LogP contribution in [0.4, 0.5) is 10.5 Å². The van der Waals surface area contributed by atoms with Crippen molar-refractivity contribution < 1.29 is 9.53 Å². The highest BCUT2D eigenvalue weighted by Gasteiger charge is 2.10. The molecular weight excluding hydrogens is 288 g/mol. The summed E-state index contributed by atoms with van der Waals surface area (Å²) in [6, 6.07) is 15.4. The van der Waals surface area contributed by atoms with Gasteiger partial charge in [-0.3, -0.25) is 0 Å². The molecule has 2 aromatic carbocycles. The van der Waals surface area contributed by atoms with Crippen LogP contribution in [0, 0.1) is 0 Å². The van der Waals surface area contributed by atoms with Crippen LogP contribution in [-0.4, -0.2) is 13.1 Å². The molecule has 1 atom stereocenters. The van der Waals surface area contributed by atoms with Gasteiger partial charge in [0.2, 0.25) is 0 Å². The summed E-state index contributed by atoms with van der Waals surface area (Å²) in [4.78, 5) is 12.1. The second-order valence-electron chi connectivity index (χ2n) is 5.55. The van der Waals surface area contributed by atoms with E-state index in [2.05, 4.69) is 30.5 Å². The molecule has 0 aliphatic rings. The van der Waals surface area contributed by atoms with Crippen LogP contribution in [0.25, 0.3) is 0 Å². The summed E-state index contributed by atoms with van der Waals surface area (Å²) in [5.74, 6) is 1.22. The van der Waals surface area contributed by atoms with Gasteiger partial charge in [0.15, 0.2) is 0 Å². The maximum absolute atomic E-state index is 12.1. The molecule has 0 bridgehead atoms. The average molecular weight is 312 g/mol. The van der Waals surface area contributed by atoms with Crippen LogP contribution < -0.4 is 15.4 Å². The van der Waals surface area contributed by atoms with E-state index in [1.165, 1.54) is 0 Å². The zero-order valence-electron chi connectivity index (χ0n) is 13.9. The van der Waals surface area contributed by atoms with Crippen molar-refractivity contribution in [2.45, 2.75) is 32.7 Å². The molecule has 1 unspecified atom stereocenters. The summed E-state index contributed by atoms with van der Waals surface area (Å²) in [6.45, 7) is 4.78. The monoisotopic (exact) mass is 312 g/mol. The highest BCUT2D eigenvalue weighted by atomic mass is 16.5. The van der Waals surface area contributed by atoms with E-state index in [9.17, 15) is 4.79 Å². The number of carbonyl (C=O) groups excluding carboxylic acids is 1. The molecule has 4 nitrogen and oxygen atoms in total. The first kappa shape index (κ1) is 16.9. The van der Waals surface area contributed by atoms with E-state index in [-0.39, 0.29) is 6.03 Å². The minimum atomic E-state index is -0.198. The van der Waals surface area contributed by atoms with E-state index in [4.69, 9.17) is 4.74 Å². The Balaban J connectivity index is 1.94. The van der Waals surface area contributed by atoms with Crippen molar-refractivity contribution >= 4 is 11.7 Å². The molecule has 23 heavy (non-hydrogen) atoms. The van der Waals surface area contributed by atoms with Crippen molar-refractivity contribution in [3.8, 4) is 5.75 Å². The average Bonchev–Trinajstić information content (AvgIpc) is 2.60. The molecule has 2 amide bonds. The number of carbonyl (C=O) groups is 1. The van der Waals surface area contributed by atoms with Gasteiger partial charge >= 0.3 is 6.03 Å². The van der Waals surface area contributed by atoms with Crippen molar-refractivity contribution in [3.05, 3.63) is 59.7 Å². The highest BCUT2D eigenvalue weighted by Crippen LogP contribution is 2.26. The molecule has 0 fully saturated rings. The third-order valence-electron chi connectivity index (χ3n) is 3.96. The van der Waals surface area contributed by atoms with Gasteiger partial charge < -0.3 is 15.4 Å². The van der Waals surface area contributed by atoms with E-state index < -0.39 is 0 Å². The van der Waals surface area contributed by atoms with Crippen LogP contribution in [0.1, 0.15) is 37.3 Å². The summed E-state index contributed by atoms with van der Waals surface area (Å²) in [5.41, 5.74) is 3.06. The molecule has 0 aliphatic heterocycles. The lowest BCUT2D eigenvalue weighted by molar-refractivity contribution is 0.251. The van der Waals surface area contributed by atoms with Crippen LogP contribution >= 0.6 is 0 Å². The largest absolute Gasteiger partial charge is 0.497 e. The van der Waals surface area contributed by atoms with Gasteiger partial charge in [-0.05, 0) is 41.7 Å². The first-order valence-corrected chi connectivity index (χ1v) is 7.90. The molecule has 0 spiro atoms. The molecule has 0 radical (unpaired) electrons. The van der Waals surface area contributed by atoms with Crippen LogP contribution in [0.3, 0.4) is 0 Å². The summed E-state index contributed by atoms with van der Waals surface area (Å²) >= 11 is 0. The van der Waals surface area contributed by atoms with Crippen LogP contribution in [0.5, 0.6) is 5.75 Å². The number of hydrogen-bond acceptors (Lipinski definition) is 2. The number of rotatable bonds is 6. The number of ether oxygens (including phenoxy) is 1. The number of benzene rings is 2. The molecule has 0 saturated carbocycles. The van der Waals surface area contributed by atoms with Gasteiger partial charge in [0.1, 0.15) is 5.75 Å². The lowest BCUT2D eigenvalue weighted by Crippen LogP contribution is -2.28. The number of para-hydroxylation sites is 1. The topological polar surface area (TPSA) is 50.4 Å². The van der Waals surface area contributed by atoms with Crippen LogP contribution in [-0.2, 0) is 6.54 Å². The zero-order valence-corrected chi connectivity index (χ0v) is 13.9. The maximum atomic E-state index is 12.1. The Morgan fingerprint density at radius 2 is 1.83 bits per heavy atom. The Morgan fingerprint density at radius 3 is 2.48 bits per heavy atom. The van der Waals surface area contributed by atoms with E-state index >= 15 is 0 Å².